The van der Waals surface area contributed by atoms with Gasteiger partial charge in [0.25, 0.3) is 0 Å². The molecular formula is C12H23NO2. The standard InChI is InChI=1S/C12H23NO2/c1-5-13-12(11(14)15-6-2)7-10(8-12)9(3)4/h9-10,13H,5-8H2,1-4H3. The van der Waals surface area contributed by atoms with Crippen molar-refractivity contribution in [2.45, 2.75) is 46.1 Å². The Morgan fingerprint density at radius 1 is 1.47 bits per heavy atom. The number of ether oxygens (including phenoxy) is 1. The topological polar surface area (TPSA) is 38.3 Å². The largest absolute Gasteiger partial charge is 0.465 e. The zero-order valence-corrected chi connectivity index (χ0v) is 10.3. The van der Waals surface area contributed by atoms with Gasteiger partial charge in [0.2, 0.25) is 0 Å². The molecule has 0 radical (unpaired) electrons. The first-order valence-corrected chi connectivity index (χ1v) is 5.98. The van der Waals surface area contributed by atoms with E-state index in [0.29, 0.717) is 18.4 Å². The lowest BCUT2D eigenvalue weighted by Gasteiger charge is -2.47. The predicted octanol–water partition coefficient (Wildman–Crippen LogP) is 1.96. The molecule has 0 spiro atoms. The third kappa shape index (κ3) is 2.51. The molecule has 1 aliphatic carbocycles. The van der Waals surface area contributed by atoms with Crippen LogP contribution in [0.25, 0.3) is 0 Å². The van der Waals surface area contributed by atoms with Gasteiger partial charge in [-0.2, -0.15) is 0 Å². The molecule has 1 aliphatic rings. The number of esters is 1. The van der Waals surface area contributed by atoms with Crippen LogP contribution in [0.4, 0.5) is 0 Å². The van der Waals surface area contributed by atoms with Gasteiger partial charge in [0.05, 0.1) is 6.61 Å². The van der Waals surface area contributed by atoms with Gasteiger partial charge in [0.15, 0.2) is 0 Å². The van der Waals surface area contributed by atoms with Crippen LogP contribution in [-0.2, 0) is 9.53 Å². The molecule has 1 N–H and O–H groups in total. The van der Waals surface area contributed by atoms with E-state index in [9.17, 15) is 4.79 Å². The van der Waals surface area contributed by atoms with Crippen LogP contribution < -0.4 is 5.32 Å². The Labute approximate surface area is 92.6 Å². The highest BCUT2D eigenvalue weighted by molar-refractivity contribution is 5.82. The van der Waals surface area contributed by atoms with Crippen molar-refractivity contribution in [2.24, 2.45) is 11.8 Å². The van der Waals surface area contributed by atoms with Crippen molar-refractivity contribution >= 4 is 5.97 Å². The summed E-state index contributed by atoms with van der Waals surface area (Å²) in [5, 5.41) is 3.29. The van der Waals surface area contributed by atoms with Crippen LogP contribution in [-0.4, -0.2) is 24.7 Å². The predicted molar refractivity (Wildman–Crippen MR) is 60.6 cm³/mol. The number of carbonyl (C=O) groups excluding carboxylic acids is 1. The molecule has 0 aliphatic heterocycles. The number of rotatable bonds is 5. The van der Waals surface area contributed by atoms with Crippen molar-refractivity contribution in [3.8, 4) is 0 Å². The first kappa shape index (κ1) is 12.5. The van der Waals surface area contributed by atoms with E-state index in [2.05, 4.69) is 19.2 Å². The molecule has 3 heteroatoms. The minimum Gasteiger partial charge on any atom is -0.465 e. The molecular weight excluding hydrogens is 190 g/mol. The van der Waals surface area contributed by atoms with Gasteiger partial charge in [0.1, 0.15) is 5.54 Å². The van der Waals surface area contributed by atoms with Crippen LogP contribution in [0.5, 0.6) is 0 Å². The summed E-state index contributed by atoms with van der Waals surface area (Å²) in [6, 6.07) is 0. The van der Waals surface area contributed by atoms with Gasteiger partial charge in [-0.15, -0.1) is 0 Å². The normalized spacial score (nSPS) is 30.1. The molecule has 0 aromatic heterocycles. The van der Waals surface area contributed by atoms with E-state index < -0.39 is 0 Å². The van der Waals surface area contributed by atoms with Crippen molar-refractivity contribution in [3.63, 3.8) is 0 Å². The second-order valence-corrected chi connectivity index (χ2v) is 4.75. The van der Waals surface area contributed by atoms with Crippen molar-refractivity contribution in [2.75, 3.05) is 13.2 Å². The van der Waals surface area contributed by atoms with Gasteiger partial charge in [-0.05, 0) is 38.1 Å². The maximum Gasteiger partial charge on any atom is 0.326 e. The Bertz CT molecular complexity index is 220. The number of nitrogens with one attached hydrogen (secondary N) is 1. The maximum atomic E-state index is 11.8. The van der Waals surface area contributed by atoms with Crippen LogP contribution in [0, 0.1) is 11.8 Å². The van der Waals surface area contributed by atoms with E-state index in [4.69, 9.17) is 4.74 Å². The molecule has 1 rings (SSSR count). The fourth-order valence-electron chi connectivity index (χ4n) is 2.30. The number of hydrogen-bond donors (Lipinski definition) is 1. The highest BCUT2D eigenvalue weighted by atomic mass is 16.5. The van der Waals surface area contributed by atoms with Crippen molar-refractivity contribution in [1.29, 1.82) is 0 Å². The fraction of sp³-hybridized carbons (Fsp3) is 0.917. The SMILES string of the molecule is CCNC1(C(=O)OCC)CC(C(C)C)C1. The molecule has 1 fully saturated rings. The van der Waals surface area contributed by atoms with Crippen LogP contribution in [0.3, 0.4) is 0 Å². The molecule has 88 valence electrons. The van der Waals surface area contributed by atoms with Crippen molar-refractivity contribution in [3.05, 3.63) is 0 Å². The lowest BCUT2D eigenvalue weighted by atomic mass is 9.64. The highest BCUT2D eigenvalue weighted by Gasteiger charge is 2.51. The Kier molecular flexibility index (Phi) is 4.14. The van der Waals surface area contributed by atoms with Gasteiger partial charge in [0, 0.05) is 0 Å². The average molecular weight is 213 g/mol. The zero-order valence-electron chi connectivity index (χ0n) is 10.3. The van der Waals surface area contributed by atoms with Gasteiger partial charge in [-0.3, -0.25) is 4.79 Å². The highest BCUT2D eigenvalue weighted by Crippen LogP contribution is 2.42. The smallest absolute Gasteiger partial charge is 0.326 e. The van der Waals surface area contributed by atoms with Crippen LogP contribution in [0.1, 0.15) is 40.5 Å². The Morgan fingerprint density at radius 2 is 2.07 bits per heavy atom. The number of hydrogen-bond acceptors (Lipinski definition) is 3. The zero-order chi connectivity index (χ0) is 11.5. The summed E-state index contributed by atoms with van der Waals surface area (Å²) in [4.78, 5) is 11.8. The van der Waals surface area contributed by atoms with E-state index in [1.165, 1.54) is 0 Å². The summed E-state index contributed by atoms with van der Waals surface area (Å²) in [6.45, 7) is 9.61. The second kappa shape index (κ2) is 4.97. The van der Waals surface area contributed by atoms with Crippen molar-refractivity contribution in [1.82, 2.24) is 5.32 Å². The third-order valence-corrected chi connectivity index (χ3v) is 3.35. The van der Waals surface area contributed by atoms with Gasteiger partial charge in [-0.1, -0.05) is 20.8 Å². The van der Waals surface area contributed by atoms with E-state index >= 15 is 0 Å². The molecule has 0 bridgehead atoms. The average Bonchev–Trinajstić information content (AvgIpc) is 2.10. The first-order chi connectivity index (χ1) is 7.05. The summed E-state index contributed by atoms with van der Waals surface area (Å²) >= 11 is 0. The monoisotopic (exact) mass is 213 g/mol. The van der Waals surface area contributed by atoms with E-state index in [1.54, 1.807) is 0 Å². The van der Waals surface area contributed by atoms with E-state index in [0.717, 1.165) is 19.4 Å². The third-order valence-electron chi connectivity index (χ3n) is 3.35. The molecule has 0 atom stereocenters. The van der Waals surface area contributed by atoms with Crippen LogP contribution in [0.2, 0.25) is 0 Å². The molecule has 0 aromatic rings. The van der Waals surface area contributed by atoms with E-state index in [1.807, 2.05) is 13.8 Å². The lowest BCUT2D eigenvalue weighted by molar-refractivity contribution is -0.158. The fourth-order valence-corrected chi connectivity index (χ4v) is 2.30. The summed E-state index contributed by atoms with van der Waals surface area (Å²) in [5.41, 5.74) is -0.375. The summed E-state index contributed by atoms with van der Waals surface area (Å²) in [7, 11) is 0. The summed E-state index contributed by atoms with van der Waals surface area (Å²) in [5.74, 6) is 1.25. The Balaban J connectivity index is 2.56. The first-order valence-electron chi connectivity index (χ1n) is 5.98. The second-order valence-electron chi connectivity index (χ2n) is 4.75. The molecule has 0 unspecified atom stereocenters. The lowest BCUT2D eigenvalue weighted by Crippen LogP contribution is -2.62. The molecule has 0 heterocycles. The van der Waals surface area contributed by atoms with E-state index in [-0.39, 0.29) is 11.5 Å². The molecule has 0 saturated heterocycles. The Hall–Kier alpha value is -0.570. The van der Waals surface area contributed by atoms with Gasteiger partial charge in [-0.25, -0.2) is 0 Å². The number of carbonyl (C=O) groups is 1. The summed E-state index contributed by atoms with van der Waals surface area (Å²) < 4.78 is 5.13. The Morgan fingerprint density at radius 3 is 2.47 bits per heavy atom. The molecule has 3 nitrogen and oxygen atoms in total. The molecule has 15 heavy (non-hydrogen) atoms. The summed E-state index contributed by atoms with van der Waals surface area (Å²) in [6.07, 6.45) is 1.86. The van der Waals surface area contributed by atoms with Gasteiger partial charge < -0.3 is 10.1 Å². The van der Waals surface area contributed by atoms with Crippen molar-refractivity contribution < 1.29 is 9.53 Å². The quantitative estimate of drug-likeness (QED) is 0.709. The minimum atomic E-state index is -0.375. The molecule has 0 aromatic carbocycles. The number of likely N-dealkylation sites (N-methyl/N-ethyl adjacent to an activating group) is 1. The van der Waals surface area contributed by atoms with Crippen LogP contribution in [0.15, 0.2) is 0 Å². The van der Waals surface area contributed by atoms with Gasteiger partial charge >= 0.3 is 5.97 Å². The maximum absolute atomic E-state index is 11.8. The van der Waals surface area contributed by atoms with Crippen LogP contribution >= 0.6 is 0 Å². The molecule has 0 amide bonds. The molecule has 1 saturated carbocycles. The minimum absolute atomic E-state index is 0.0660.